The quantitative estimate of drug-likeness (QED) is 0.731. The number of aromatic nitrogens is 2. The predicted molar refractivity (Wildman–Crippen MR) is 83.7 cm³/mol. The Kier molecular flexibility index (Phi) is 3.79. The van der Waals surface area contributed by atoms with E-state index in [1.807, 2.05) is 36.4 Å². The molecule has 2 aromatic carbocycles. The minimum atomic E-state index is 0.640. The maximum absolute atomic E-state index is 5.74. The molecule has 0 aliphatic heterocycles. The van der Waals surface area contributed by atoms with Gasteiger partial charge in [0.25, 0.3) is 0 Å². The van der Waals surface area contributed by atoms with Gasteiger partial charge in [0.05, 0.1) is 6.20 Å². The Balaban J connectivity index is 1.89. The number of aryl methyl sites for hydroxylation is 1. The third-order valence-electron chi connectivity index (χ3n) is 3.17. The van der Waals surface area contributed by atoms with Crippen LogP contribution in [0.25, 0.3) is 10.8 Å². The molecule has 3 rings (SSSR count). The van der Waals surface area contributed by atoms with Crippen molar-refractivity contribution < 1.29 is 0 Å². The number of rotatable bonds is 4. The first kappa shape index (κ1) is 12.9. The van der Waals surface area contributed by atoms with Crippen molar-refractivity contribution in [1.29, 1.82) is 0 Å². The van der Waals surface area contributed by atoms with E-state index in [1.54, 1.807) is 6.20 Å². The van der Waals surface area contributed by atoms with E-state index in [1.165, 1.54) is 5.56 Å². The van der Waals surface area contributed by atoms with E-state index in [2.05, 4.69) is 27.6 Å². The van der Waals surface area contributed by atoms with Crippen LogP contribution in [-0.2, 0) is 6.42 Å². The summed E-state index contributed by atoms with van der Waals surface area (Å²) in [5, 5.41) is 13.6. The highest BCUT2D eigenvalue weighted by atomic mass is 35.5. The molecule has 0 saturated carbocycles. The number of hydrogen-bond donors (Lipinski definition) is 1. The van der Waals surface area contributed by atoms with Gasteiger partial charge in [-0.1, -0.05) is 36.4 Å². The lowest BCUT2D eigenvalue weighted by atomic mass is 10.1. The molecule has 0 spiro atoms. The Morgan fingerprint density at radius 1 is 1.00 bits per heavy atom. The summed E-state index contributed by atoms with van der Waals surface area (Å²) in [6.45, 7) is 0. The van der Waals surface area contributed by atoms with Crippen molar-refractivity contribution in [3.05, 3.63) is 60.3 Å². The van der Waals surface area contributed by atoms with Gasteiger partial charge in [0.15, 0.2) is 5.82 Å². The van der Waals surface area contributed by atoms with E-state index >= 15 is 0 Å². The highest BCUT2D eigenvalue weighted by molar-refractivity contribution is 6.18. The van der Waals surface area contributed by atoms with Gasteiger partial charge < -0.3 is 5.32 Å². The van der Waals surface area contributed by atoms with Crippen LogP contribution in [0.1, 0.15) is 5.56 Å². The lowest BCUT2D eigenvalue weighted by Crippen LogP contribution is -1.97. The summed E-state index contributed by atoms with van der Waals surface area (Å²) in [5.74, 6) is 1.41. The number of halogens is 1. The third-order valence-corrected chi connectivity index (χ3v) is 3.36. The summed E-state index contributed by atoms with van der Waals surface area (Å²) in [6.07, 6.45) is 2.65. The predicted octanol–water partition coefficient (Wildman–Crippen LogP) is 4.15. The number of fused-ring (bicyclic) bond motifs is 1. The summed E-state index contributed by atoms with van der Waals surface area (Å²) in [5.41, 5.74) is 2.23. The highest BCUT2D eigenvalue weighted by Crippen LogP contribution is 2.23. The topological polar surface area (TPSA) is 37.8 Å². The van der Waals surface area contributed by atoms with Crippen molar-refractivity contribution in [3.63, 3.8) is 0 Å². The van der Waals surface area contributed by atoms with Crippen LogP contribution >= 0.6 is 11.6 Å². The largest absolute Gasteiger partial charge is 0.338 e. The fourth-order valence-corrected chi connectivity index (χ4v) is 2.34. The fraction of sp³-hybridized carbons (Fsp3) is 0.125. The summed E-state index contributed by atoms with van der Waals surface area (Å²) < 4.78 is 0. The molecule has 100 valence electrons. The van der Waals surface area contributed by atoms with Crippen molar-refractivity contribution in [3.8, 4) is 0 Å². The van der Waals surface area contributed by atoms with Crippen LogP contribution in [0, 0.1) is 0 Å². The van der Waals surface area contributed by atoms with Crippen LogP contribution in [0.3, 0.4) is 0 Å². The molecule has 1 aromatic heterocycles. The molecule has 0 unspecified atom stereocenters. The number of nitrogens with zero attached hydrogens (tertiary/aromatic N) is 2. The van der Waals surface area contributed by atoms with Gasteiger partial charge >= 0.3 is 0 Å². The second kappa shape index (κ2) is 5.88. The van der Waals surface area contributed by atoms with E-state index in [-0.39, 0.29) is 0 Å². The van der Waals surface area contributed by atoms with Gasteiger partial charge in [-0.05, 0) is 24.1 Å². The molecule has 1 N–H and O–H groups in total. The lowest BCUT2D eigenvalue weighted by molar-refractivity contribution is 1.05. The van der Waals surface area contributed by atoms with Crippen molar-refractivity contribution in [2.75, 3.05) is 11.2 Å². The van der Waals surface area contributed by atoms with Crippen molar-refractivity contribution in [2.24, 2.45) is 0 Å². The lowest BCUT2D eigenvalue weighted by Gasteiger charge is -2.08. The van der Waals surface area contributed by atoms with Crippen LogP contribution in [0.15, 0.2) is 54.7 Å². The van der Waals surface area contributed by atoms with E-state index < -0.39 is 0 Å². The summed E-state index contributed by atoms with van der Waals surface area (Å²) >= 11 is 5.74. The normalized spacial score (nSPS) is 10.7. The molecule has 0 saturated heterocycles. The van der Waals surface area contributed by atoms with Crippen molar-refractivity contribution in [2.45, 2.75) is 6.42 Å². The molecular weight excluding hydrogens is 270 g/mol. The molecule has 0 radical (unpaired) electrons. The fourth-order valence-electron chi connectivity index (χ4n) is 2.12. The van der Waals surface area contributed by atoms with Crippen LogP contribution in [0.5, 0.6) is 0 Å². The first-order valence-corrected chi connectivity index (χ1v) is 7.02. The zero-order chi connectivity index (χ0) is 13.8. The van der Waals surface area contributed by atoms with Crippen molar-refractivity contribution in [1.82, 2.24) is 10.2 Å². The van der Waals surface area contributed by atoms with Gasteiger partial charge in [0.1, 0.15) is 0 Å². The minimum Gasteiger partial charge on any atom is -0.338 e. The van der Waals surface area contributed by atoms with E-state index in [0.29, 0.717) is 5.88 Å². The van der Waals surface area contributed by atoms with E-state index in [4.69, 9.17) is 11.6 Å². The molecule has 3 nitrogen and oxygen atoms in total. The van der Waals surface area contributed by atoms with Gasteiger partial charge in [-0.25, -0.2) is 0 Å². The number of anilines is 2. The summed E-state index contributed by atoms with van der Waals surface area (Å²) in [6, 6.07) is 16.3. The zero-order valence-electron chi connectivity index (χ0n) is 10.9. The van der Waals surface area contributed by atoms with Gasteiger partial charge in [0.2, 0.25) is 0 Å². The van der Waals surface area contributed by atoms with Crippen LogP contribution < -0.4 is 5.32 Å². The second-order valence-electron chi connectivity index (χ2n) is 4.54. The first-order chi connectivity index (χ1) is 9.86. The van der Waals surface area contributed by atoms with Gasteiger partial charge in [-0.2, -0.15) is 5.10 Å². The second-order valence-corrected chi connectivity index (χ2v) is 4.92. The smallest absolute Gasteiger partial charge is 0.160 e. The van der Waals surface area contributed by atoms with Crippen LogP contribution in [0.2, 0.25) is 0 Å². The molecule has 0 bridgehead atoms. The van der Waals surface area contributed by atoms with Gasteiger partial charge in [-0.3, -0.25) is 0 Å². The first-order valence-electron chi connectivity index (χ1n) is 6.49. The molecule has 0 fully saturated rings. The molecule has 0 aliphatic carbocycles. The Bertz CT molecular complexity index is 705. The standard InChI is InChI=1S/C16H14ClN3/c17-10-9-12-5-7-14(8-6-12)19-16-15-4-2-1-3-13(15)11-18-20-16/h1-8,11H,9-10H2,(H,19,20). The minimum absolute atomic E-state index is 0.640. The molecule has 0 atom stereocenters. The monoisotopic (exact) mass is 283 g/mol. The molecule has 4 heteroatoms. The van der Waals surface area contributed by atoms with Crippen LogP contribution in [0.4, 0.5) is 11.5 Å². The summed E-state index contributed by atoms with van der Waals surface area (Å²) in [4.78, 5) is 0. The average molecular weight is 284 g/mol. The van der Waals surface area contributed by atoms with Crippen LogP contribution in [-0.4, -0.2) is 16.1 Å². The number of benzene rings is 2. The van der Waals surface area contributed by atoms with Gasteiger partial charge in [0, 0.05) is 22.3 Å². The maximum atomic E-state index is 5.74. The Labute approximate surface area is 122 Å². The Hall–Kier alpha value is -2.13. The van der Waals surface area contributed by atoms with Crippen molar-refractivity contribution >= 4 is 33.9 Å². The Morgan fingerprint density at radius 3 is 2.60 bits per heavy atom. The number of hydrogen-bond acceptors (Lipinski definition) is 3. The highest BCUT2D eigenvalue weighted by Gasteiger charge is 2.03. The third kappa shape index (κ3) is 2.73. The zero-order valence-corrected chi connectivity index (χ0v) is 11.6. The molecule has 1 heterocycles. The summed E-state index contributed by atoms with van der Waals surface area (Å²) in [7, 11) is 0. The molecule has 20 heavy (non-hydrogen) atoms. The van der Waals surface area contributed by atoms with Gasteiger partial charge in [-0.15, -0.1) is 16.7 Å². The molecule has 3 aromatic rings. The molecule has 0 aliphatic rings. The Morgan fingerprint density at radius 2 is 1.80 bits per heavy atom. The average Bonchev–Trinajstić information content (AvgIpc) is 2.50. The molecule has 0 amide bonds. The van der Waals surface area contributed by atoms with E-state index in [9.17, 15) is 0 Å². The molecular formula is C16H14ClN3. The van der Waals surface area contributed by atoms with E-state index in [0.717, 1.165) is 28.7 Å². The number of alkyl halides is 1. The SMILES string of the molecule is ClCCc1ccc(Nc2nncc3ccccc23)cc1. The number of nitrogens with one attached hydrogen (secondary N) is 1. The maximum Gasteiger partial charge on any atom is 0.160 e.